The van der Waals surface area contributed by atoms with Gasteiger partial charge in [0.2, 0.25) is 0 Å². The van der Waals surface area contributed by atoms with Crippen molar-refractivity contribution < 1.29 is 5.11 Å². The van der Waals surface area contributed by atoms with Crippen LogP contribution in [0.2, 0.25) is 0 Å². The van der Waals surface area contributed by atoms with Crippen molar-refractivity contribution in [2.45, 2.75) is 36.9 Å². The van der Waals surface area contributed by atoms with Crippen molar-refractivity contribution >= 4 is 12.6 Å². The molecule has 2 atom stereocenters. The van der Waals surface area contributed by atoms with E-state index >= 15 is 0 Å². The Morgan fingerprint density at radius 3 is 3.00 bits per heavy atom. The van der Waals surface area contributed by atoms with Crippen molar-refractivity contribution in [2.24, 2.45) is 0 Å². The van der Waals surface area contributed by atoms with Crippen LogP contribution in [0.5, 0.6) is 0 Å². The van der Waals surface area contributed by atoms with Gasteiger partial charge in [0.1, 0.15) is 0 Å². The highest BCUT2D eigenvalue weighted by Crippen LogP contribution is 2.24. The van der Waals surface area contributed by atoms with E-state index in [-0.39, 0.29) is 6.10 Å². The molecule has 0 radical (unpaired) electrons. The first-order valence-corrected chi connectivity index (χ1v) is 6.18. The van der Waals surface area contributed by atoms with Crippen LogP contribution in [0.25, 0.3) is 0 Å². The molecule has 3 nitrogen and oxygen atoms in total. The van der Waals surface area contributed by atoms with Crippen LogP contribution in [0.4, 0.5) is 0 Å². The maximum Gasteiger partial charge on any atom is 0.0929 e. The number of aliphatic hydroxyl groups excluding tert-OH is 1. The monoisotopic (exact) mass is 238 g/mol. The van der Waals surface area contributed by atoms with E-state index in [9.17, 15) is 5.11 Å². The van der Waals surface area contributed by atoms with Crippen molar-refractivity contribution in [3.63, 3.8) is 0 Å². The summed E-state index contributed by atoms with van der Waals surface area (Å²) in [5.74, 6) is 0. The summed E-state index contributed by atoms with van der Waals surface area (Å²) >= 11 is 4.18. The third kappa shape index (κ3) is 2.75. The number of aliphatic hydroxyl groups is 1. The molecule has 1 saturated heterocycles. The van der Waals surface area contributed by atoms with E-state index in [0.29, 0.717) is 6.04 Å². The number of aromatic nitrogens is 1. The van der Waals surface area contributed by atoms with Gasteiger partial charge in [-0.1, -0.05) is 6.07 Å². The Bertz CT molecular complexity index is 341. The fourth-order valence-corrected chi connectivity index (χ4v) is 2.32. The lowest BCUT2D eigenvalue weighted by Crippen LogP contribution is -2.39. The lowest BCUT2D eigenvalue weighted by molar-refractivity contribution is 0.0503. The first-order chi connectivity index (χ1) is 7.66. The third-order valence-corrected chi connectivity index (χ3v) is 3.49. The molecule has 0 saturated carbocycles. The average Bonchev–Trinajstić information content (AvgIpc) is 2.29. The van der Waals surface area contributed by atoms with Crippen molar-refractivity contribution in [3.8, 4) is 0 Å². The highest BCUT2D eigenvalue weighted by atomic mass is 32.1. The Hall–Kier alpha value is -0.580. The maximum absolute atomic E-state index is 9.65. The molecule has 1 N–H and O–H groups in total. The zero-order chi connectivity index (χ0) is 11.5. The minimum atomic E-state index is -0.173. The van der Waals surface area contributed by atoms with Crippen LogP contribution >= 0.6 is 12.6 Å². The molecule has 88 valence electrons. The smallest absolute Gasteiger partial charge is 0.0929 e. The van der Waals surface area contributed by atoms with E-state index in [1.54, 1.807) is 0 Å². The van der Waals surface area contributed by atoms with E-state index < -0.39 is 0 Å². The Morgan fingerprint density at radius 2 is 2.38 bits per heavy atom. The number of nitrogens with zero attached hydrogens (tertiary/aromatic N) is 2. The van der Waals surface area contributed by atoms with Gasteiger partial charge in [-0.25, -0.2) is 4.98 Å². The predicted molar refractivity (Wildman–Crippen MR) is 66.7 cm³/mol. The molecule has 0 spiro atoms. The van der Waals surface area contributed by atoms with Crippen molar-refractivity contribution in [1.29, 1.82) is 0 Å². The molecule has 0 aliphatic carbocycles. The summed E-state index contributed by atoms with van der Waals surface area (Å²) in [6, 6.07) is 4.28. The van der Waals surface area contributed by atoms with Crippen molar-refractivity contribution in [1.82, 2.24) is 9.88 Å². The van der Waals surface area contributed by atoms with Gasteiger partial charge in [0.25, 0.3) is 0 Å². The summed E-state index contributed by atoms with van der Waals surface area (Å²) in [6.07, 6.45) is 3.70. The van der Waals surface area contributed by atoms with E-state index in [1.807, 2.05) is 12.3 Å². The molecule has 1 aliphatic heterocycles. The minimum absolute atomic E-state index is 0.173. The lowest BCUT2D eigenvalue weighted by atomic mass is 10.0. The first-order valence-electron chi connectivity index (χ1n) is 5.74. The number of hydrogen-bond acceptors (Lipinski definition) is 4. The van der Waals surface area contributed by atoms with E-state index in [2.05, 4.69) is 35.5 Å². The number of rotatable bonds is 2. The lowest BCUT2D eigenvalue weighted by Gasteiger charge is -2.34. The number of piperidine rings is 1. The van der Waals surface area contributed by atoms with Crippen LogP contribution in [0.3, 0.4) is 0 Å². The van der Waals surface area contributed by atoms with Crippen LogP contribution in [0.15, 0.2) is 23.4 Å². The number of hydrogen-bond donors (Lipinski definition) is 2. The number of thiol groups is 1. The second-order valence-corrected chi connectivity index (χ2v) is 4.87. The molecule has 1 aromatic rings. The van der Waals surface area contributed by atoms with Gasteiger partial charge in [-0.2, -0.15) is 0 Å². The Kier molecular flexibility index (Phi) is 3.84. The average molecular weight is 238 g/mol. The SMILES string of the molecule is C[C@@H](c1ccc(S)nc1)N1CCC[C@@H](O)C1. The molecule has 0 bridgehead atoms. The van der Waals surface area contributed by atoms with Gasteiger partial charge in [0, 0.05) is 18.8 Å². The van der Waals surface area contributed by atoms with Gasteiger partial charge in [0.05, 0.1) is 11.1 Å². The van der Waals surface area contributed by atoms with Gasteiger partial charge >= 0.3 is 0 Å². The topological polar surface area (TPSA) is 36.4 Å². The molecule has 0 unspecified atom stereocenters. The molecule has 0 amide bonds. The second kappa shape index (κ2) is 5.17. The zero-order valence-corrected chi connectivity index (χ0v) is 10.4. The summed E-state index contributed by atoms with van der Waals surface area (Å²) in [6.45, 7) is 3.98. The van der Waals surface area contributed by atoms with Gasteiger partial charge in [-0.15, -0.1) is 12.6 Å². The summed E-state index contributed by atoms with van der Waals surface area (Å²) in [5, 5.41) is 10.4. The molecule has 1 fully saturated rings. The summed E-state index contributed by atoms with van der Waals surface area (Å²) in [5.41, 5.74) is 1.19. The van der Waals surface area contributed by atoms with Crippen LogP contribution in [-0.4, -0.2) is 34.2 Å². The van der Waals surface area contributed by atoms with Crippen LogP contribution in [0.1, 0.15) is 31.4 Å². The molecule has 1 aromatic heterocycles. The molecule has 0 aromatic carbocycles. The van der Waals surface area contributed by atoms with E-state index in [0.717, 1.165) is 31.0 Å². The van der Waals surface area contributed by atoms with Gasteiger partial charge in [0.15, 0.2) is 0 Å². The van der Waals surface area contributed by atoms with Crippen LogP contribution in [0, 0.1) is 0 Å². The number of β-amino-alcohol motifs (C(OH)–C–C–N with tert-alkyl or cyclic N) is 1. The quantitative estimate of drug-likeness (QED) is 0.773. The van der Waals surface area contributed by atoms with Gasteiger partial charge in [-0.3, -0.25) is 4.90 Å². The molecule has 1 aliphatic rings. The second-order valence-electron chi connectivity index (χ2n) is 4.42. The first kappa shape index (κ1) is 11.9. The standard InChI is InChI=1S/C12H18N2OS/c1-9(10-4-5-12(16)13-7-10)14-6-2-3-11(15)8-14/h4-5,7,9,11,15H,2-3,6,8H2,1H3,(H,13,16)/t9-,11+/m0/s1. The fourth-order valence-electron chi connectivity index (χ4n) is 2.19. The predicted octanol–water partition coefficient (Wildman–Crippen LogP) is 1.89. The largest absolute Gasteiger partial charge is 0.392 e. The molecule has 2 heterocycles. The van der Waals surface area contributed by atoms with Crippen molar-refractivity contribution in [3.05, 3.63) is 23.9 Å². The Labute approximate surface area is 102 Å². The summed E-state index contributed by atoms with van der Waals surface area (Å²) < 4.78 is 0. The third-order valence-electron chi connectivity index (χ3n) is 3.23. The van der Waals surface area contributed by atoms with Crippen LogP contribution < -0.4 is 0 Å². The van der Waals surface area contributed by atoms with Crippen LogP contribution in [-0.2, 0) is 0 Å². The number of pyridine rings is 1. The summed E-state index contributed by atoms with van der Waals surface area (Å²) in [4.78, 5) is 6.50. The number of likely N-dealkylation sites (tertiary alicyclic amines) is 1. The maximum atomic E-state index is 9.65. The minimum Gasteiger partial charge on any atom is -0.392 e. The molecule has 16 heavy (non-hydrogen) atoms. The zero-order valence-electron chi connectivity index (χ0n) is 9.50. The molecule has 2 rings (SSSR count). The highest BCUT2D eigenvalue weighted by Gasteiger charge is 2.22. The van der Waals surface area contributed by atoms with E-state index in [1.165, 1.54) is 5.56 Å². The van der Waals surface area contributed by atoms with Crippen molar-refractivity contribution in [2.75, 3.05) is 13.1 Å². The van der Waals surface area contributed by atoms with Gasteiger partial charge < -0.3 is 5.11 Å². The van der Waals surface area contributed by atoms with Gasteiger partial charge in [-0.05, 0) is 37.9 Å². The molecular formula is C12H18N2OS. The Morgan fingerprint density at radius 1 is 1.56 bits per heavy atom. The fraction of sp³-hybridized carbons (Fsp3) is 0.583. The Balaban J connectivity index is 2.06. The summed E-state index contributed by atoms with van der Waals surface area (Å²) in [7, 11) is 0. The van der Waals surface area contributed by atoms with E-state index in [4.69, 9.17) is 0 Å². The molecule has 4 heteroatoms. The highest BCUT2D eigenvalue weighted by molar-refractivity contribution is 7.80. The normalized spacial score (nSPS) is 24.3. The molecular weight excluding hydrogens is 220 g/mol.